The molecular weight excluding hydrogens is 280 g/mol. The topological polar surface area (TPSA) is 63.4 Å². The fraction of sp³-hybridized carbons (Fsp3) is 0.118. The van der Waals surface area contributed by atoms with Gasteiger partial charge in [-0.2, -0.15) is 0 Å². The molecule has 3 rings (SSSR count). The lowest BCUT2D eigenvalue weighted by atomic mass is 10.2. The maximum absolute atomic E-state index is 12.4. The number of ether oxygens (including phenoxy) is 2. The van der Waals surface area contributed by atoms with Gasteiger partial charge in [0.2, 0.25) is 0 Å². The van der Waals surface area contributed by atoms with Gasteiger partial charge in [0.25, 0.3) is 5.91 Å². The summed E-state index contributed by atoms with van der Waals surface area (Å²) in [5.74, 6) is 0.987. The number of aromatic amines is 1. The van der Waals surface area contributed by atoms with Gasteiger partial charge in [-0.05, 0) is 24.3 Å². The molecule has 1 aromatic heterocycles. The molecule has 1 heterocycles. The number of H-pyrrole nitrogens is 1. The zero-order valence-corrected chi connectivity index (χ0v) is 12.3. The van der Waals surface area contributed by atoms with Gasteiger partial charge < -0.3 is 19.8 Å². The van der Waals surface area contributed by atoms with Crippen molar-refractivity contribution in [2.24, 2.45) is 0 Å². The lowest BCUT2D eigenvalue weighted by Gasteiger charge is -2.11. The van der Waals surface area contributed by atoms with Crippen LogP contribution in [0.4, 0.5) is 5.69 Å². The van der Waals surface area contributed by atoms with Gasteiger partial charge in [0.15, 0.2) is 0 Å². The van der Waals surface area contributed by atoms with Gasteiger partial charge in [0.1, 0.15) is 17.2 Å². The Kier molecular flexibility index (Phi) is 3.70. The van der Waals surface area contributed by atoms with Crippen molar-refractivity contribution in [3.05, 3.63) is 54.2 Å². The molecule has 3 aromatic rings. The quantitative estimate of drug-likeness (QED) is 0.775. The average molecular weight is 296 g/mol. The highest BCUT2D eigenvalue weighted by Gasteiger charge is 2.13. The SMILES string of the molecule is COc1ccc(OC)c(NC(=O)c2cc3ccccc3[nH]2)c1. The Balaban J connectivity index is 1.90. The molecule has 0 saturated heterocycles. The highest BCUT2D eigenvalue weighted by atomic mass is 16.5. The average Bonchev–Trinajstić information content (AvgIpc) is 2.99. The molecule has 0 atom stereocenters. The Morgan fingerprint density at radius 1 is 1.05 bits per heavy atom. The van der Waals surface area contributed by atoms with Crippen LogP contribution in [0.25, 0.3) is 10.9 Å². The van der Waals surface area contributed by atoms with E-state index in [-0.39, 0.29) is 5.91 Å². The van der Waals surface area contributed by atoms with E-state index in [1.807, 2.05) is 30.3 Å². The summed E-state index contributed by atoms with van der Waals surface area (Å²) in [5, 5.41) is 3.83. The molecule has 0 saturated carbocycles. The smallest absolute Gasteiger partial charge is 0.272 e. The van der Waals surface area contributed by atoms with Gasteiger partial charge in [-0.25, -0.2) is 0 Å². The van der Waals surface area contributed by atoms with Crippen molar-refractivity contribution >= 4 is 22.5 Å². The molecule has 0 aliphatic rings. The standard InChI is InChI=1S/C17H16N2O3/c1-21-12-7-8-16(22-2)14(10-12)19-17(20)15-9-11-5-3-4-6-13(11)18-15/h3-10,18H,1-2H3,(H,19,20). The Hall–Kier alpha value is -2.95. The molecule has 0 unspecified atom stereocenters. The number of carbonyl (C=O) groups is 1. The first kappa shape index (κ1) is 14.0. The first-order chi connectivity index (χ1) is 10.7. The van der Waals surface area contributed by atoms with Crippen LogP contribution < -0.4 is 14.8 Å². The largest absolute Gasteiger partial charge is 0.497 e. The van der Waals surface area contributed by atoms with Crippen molar-refractivity contribution in [2.45, 2.75) is 0 Å². The van der Waals surface area contributed by atoms with Crippen LogP contribution in [-0.4, -0.2) is 25.1 Å². The van der Waals surface area contributed by atoms with Crippen LogP contribution in [0.5, 0.6) is 11.5 Å². The summed E-state index contributed by atoms with van der Waals surface area (Å²) in [4.78, 5) is 15.5. The van der Waals surface area contributed by atoms with Crippen LogP contribution in [-0.2, 0) is 0 Å². The number of para-hydroxylation sites is 1. The van der Waals surface area contributed by atoms with E-state index in [9.17, 15) is 4.79 Å². The third kappa shape index (κ3) is 2.61. The molecule has 1 amide bonds. The van der Waals surface area contributed by atoms with E-state index in [0.717, 1.165) is 10.9 Å². The van der Waals surface area contributed by atoms with E-state index in [1.54, 1.807) is 32.4 Å². The van der Waals surface area contributed by atoms with E-state index in [4.69, 9.17) is 9.47 Å². The van der Waals surface area contributed by atoms with E-state index in [0.29, 0.717) is 22.9 Å². The van der Waals surface area contributed by atoms with Crippen LogP contribution in [0, 0.1) is 0 Å². The van der Waals surface area contributed by atoms with Crippen LogP contribution in [0.15, 0.2) is 48.5 Å². The molecule has 0 spiro atoms. The molecule has 5 heteroatoms. The molecule has 2 aromatic carbocycles. The minimum absolute atomic E-state index is 0.234. The van der Waals surface area contributed by atoms with Crippen molar-refractivity contribution in [1.29, 1.82) is 0 Å². The monoisotopic (exact) mass is 296 g/mol. The highest BCUT2D eigenvalue weighted by molar-refractivity contribution is 6.06. The molecule has 0 fully saturated rings. The van der Waals surface area contributed by atoms with Gasteiger partial charge in [0, 0.05) is 17.0 Å². The van der Waals surface area contributed by atoms with Crippen molar-refractivity contribution in [1.82, 2.24) is 4.98 Å². The summed E-state index contributed by atoms with van der Waals surface area (Å²) in [7, 11) is 3.13. The molecular formula is C17H16N2O3. The number of carbonyl (C=O) groups excluding carboxylic acids is 1. The van der Waals surface area contributed by atoms with Crippen molar-refractivity contribution in [2.75, 3.05) is 19.5 Å². The lowest BCUT2D eigenvalue weighted by molar-refractivity contribution is 0.102. The molecule has 22 heavy (non-hydrogen) atoms. The van der Waals surface area contributed by atoms with Gasteiger partial charge >= 0.3 is 0 Å². The number of nitrogens with one attached hydrogen (secondary N) is 2. The van der Waals surface area contributed by atoms with Crippen molar-refractivity contribution in [3.63, 3.8) is 0 Å². The number of methoxy groups -OCH3 is 2. The van der Waals surface area contributed by atoms with Gasteiger partial charge in [-0.15, -0.1) is 0 Å². The Labute approximate surface area is 127 Å². The fourth-order valence-corrected chi connectivity index (χ4v) is 2.30. The predicted octanol–water partition coefficient (Wildman–Crippen LogP) is 3.44. The lowest BCUT2D eigenvalue weighted by Crippen LogP contribution is -2.13. The Bertz CT molecular complexity index is 791. The normalized spacial score (nSPS) is 10.5. The minimum Gasteiger partial charge on any atom is -0.497 e. The number of amides is 1. The summed E-state index contributed by atoms with van der Waals surface area (Å²) < 4.78 is 10.4. The summed E-state index contributed by atoms with van der Waals surface area (Å²) >= 11 is 0. The predicted molar refractivity (Wildman–Crippen MR) is 85.8 cm³/mol. The first-order valence-corrected chi connectivity index (χ1v) is 6.82. The van der Waals surface area contributed by atoms with Gasteiger partial charge in [-0.3, -0.25) is 4.79 Å². The second kappa shape index (κ2) is 5.81. The molecule has 112 valence electrons. The molecule has 0 aliphatic heterocycles. The fourth-order valence-electron chi connectivity index (χ4n) is 2.30. The highest BCUT2D eigenvalue weighted by Crippen LogP contribution is 2.29. The van der Waals surface area contributed by atoms with Crippen LogP contribution in [0.2, 0.25) is 0 Å². The van der Waals surface area contributed by atoms with E-state index in [1.165, 1.54) is 0 Å². The number of hydrogen-bond acceptors (Lipinski definition) is 3. The molecule has 2 N–H and O–H groups in total. The van der Waals surface area contributed by atoms with Crippen molar-refractivity contribution < 1.29 is 14.3 Å². The number of benzene rings is 2. The van der Waals surface area contributed by atoms with E-state index < -0.39 is 0 Å². The maximum Gasteiger partial charge on any atom is 0.272 e. The van der Waals surface area contributed by atoms with Crippen LogP contribution >= 0.6 is 0 Å². The minimum atomic E-state index is -0.234. The summed E-state index contributed by atoms with van der Waals surface area (Å²) in [5.41, 5.74) is 1.97. The number of aromatic nitrogens is 1. The van der Waals surface area contributed by atoms with Crippen LogP contribution in [0.1, 0.15) is 10.5 Å². The third-order valence-electron chi connectivity index (χ3n) is 3.43. The number of anilines is 1. The Morgan fingerprint density at radius 3 is 2.59 bits per heavy atom. The summed E-state index contributed by atoms with van der Waals surface area (Å²) in [6.45, 7) is 0. The number of hydrogen-bond donors (Lipinski definition) is 2. The second-order valence-corrected chi connectivity index (χ2v) is 4.79. The zero-order valence-electron chi connectivity index (χ0n) is 12.3. The molecule has 5 nitrogen and oxygen atoms in total. The zero-order chi connectivity index (χ0) is 15.5. The maximum atomic E-state index is 12.4. The van der Waals surface area contributed by atoms with Crippen molar-refractivity contribution in [3.8, 4) is 11.5 Å². The van der Waals surface area contributed by atoms with Gasteiger partial charge in [-0.1, -0.05) is 18.2 Å². The molecule has 0 bridgehead atoms. The van der Waals surface area contributed by atoms with E-state index in [2.05, 4.69) is 10.3 Å². The van der Waals surface area contributed by atoms with Gasteiger partial charge in [0.05, 0.1) is 19.9 Å². The molecule has 0 aliphatic carbocycles. The van der Waals surface area contributed by atoms with E-state index >= 15 is 0 Å². The first-order valence-electron chi connectivity index (χ1n) is 6.82. The number of rotatable bonds is 4. The summed E-state index contributed by atoms with van der Waals surface area (Å²) in [6, 6.07) is 14.8. The third-order valence-corrected chi connectivity index (χ3v) is 3.43. The second-order valence-electron chi connectivity index (χ2n) is 4.79. The Morgan fingerprint density at radius 2 is 1.86 bits per heavy atom. The molecule has 0 radical (unpaired) electrons. The van der Waals surface area contributed by atoms with Crippen LogP contribution in [0.3, 0.4) is 0 Å². The number of fused-ring (bicyclic) bond motifs is 1. The summed E-state index contributed by atoms with van der Waals surface area (Å²) in [6.07, 6.45) is 0.